The van der Waals surface area contributed by atoms with Gasteiger partial charge in [-0.3, -0.25) is 9.59 Å². The summed E-state index contributed by atoms with van der Waals surface area (Å²) in [6.07, 6.45) is 3.53. The number of hydrogen-bond donors (Lipinski definition) is 0. The van der Waals surface area contributed by atoms with E-state index in [0.717, 1.165) is 42.0 Å². The fourth-order valence-corrected chi connectivity index (χ4v) is 4.24. The first kappa shape index (κ1) is 19.6. The molecule has 1 aromatic carbocycles. The van der Waals surface area contributed by atoms with Crippen molar-refractivity contribution in [3.8, 4) is 0 Å². The maximum absolute atomic E-state index is 13.0. The normalized spacial score (nSPS) is 19.8. The second-order valence-electron chi connectivity index (χ2n) is 8.29. The topological polar surface area (TPSA) is 66.4 Å². The van der Waals surface area contributed by atoms with Gasteiger partial charge in [0.2, 0.25) is 11.8 Å². The van der Waals surface area contributed by atoms with Gasteiger partial charge >= 0.3 is 0 Å². The Labute approximate surface area is 172 Å². The first-order valence-electron chi connectivity index (χ1n) is 10.4. The Morgan fingerprint density at radius 3 is 2.62 bits per heavy atom. The molecule has 0 aliphatic carbocycles. The Balaban J connectivity index is 1.43. The smallest absolute Gasteiger partial charge is 0.229 e. The molecule has 2 aliphatic heterocycles. The Morgan fingerprint density at radius 1 is 1.14 bits per heavy atom. The molecule has 1 saturated heterocycles. The number of fused-ring (bicyclic) bond motifs is 1. The van der Waals surface area contributed by atoms with Gasteiger partial charge in [0.05, 0.1) is 11.6 Å². The number of hydrogen-bond acceptors (Lipinski definition) is 4. The van der Waals surface area contributed by atoms with E-state index in [0.29, 0.717) is 19.6 Å². The molecule has 1 fully saturated rings. The van der Waals surface area contributed by atoms with Crippen LogP contribution in [-0.4, -0.2) is 51.2 Å². The van der Waals surface area contributed by atoms with E-state index in [1.54, 1.807) is 6.92 Å². The van der Waals surface area contributed by atoms with Crippen LogP contribution in [0, 0.1) is 6.92 Å². The third kappa shape index (κ3) is 4.02. The van der Waals surface area contributed by atoms with Gasteiger partial charge in [-0.25, -0.2) is 9.97 Å². The minimum atomic E-state index is -0.142. The highest BCUT2D eigenvalue weighted by Gasteiger charge is 2.32. The van der Waals surface area contributed by atoms with E-state index >= 15 is 0 Å². The second kappa shape index (κ2) is 7.93. The molecule has 6 heteroatoms. The van der Waals surface area contributed by atoms with Crippen LogP contribution in [0.5, 0.6) is 0 Å². The number of aryl methyl sites for hydroxylation is 1. The van der Waals surface area contributed by atoms with E-state index in [4.69, 9.17) is 4.98 Å². The number of amides is 2. The van der Waals surface area contributed by atoms with Gasteiger partial charge < -0.3 is 9.80 Å². The van der Waals surface area contributed by atoms with Crippen LogP contribution in [0.4, 0.5) is 0 Å². The molecule has 29 heavy (non-hydrogen) atoms. The number of likely N-dealkylation sites (tertiary alicyclic amines) is 1. The third-order valence-electron chi connectivity index (χ3n) is 6.21. The molecule has 152 valence electrons. The SMILES string of the molecule is CC(=O)N1CCc2nc([C@@H]3CCN(C(=O)[C@H](C)c4ccc(C)cc4)C3)ncc2C1. The standard InChI is InChI=1S/C23H28N4O2/c1-15-4-6-18(7-5-15)16(2)23(29)27-10-8-19(13-27)22-24-12-20-14-26(17(3)28)11-9-21(20)25-22/h4-7,12,16,19H,8-11,13-14H2,1-3H3/t16-,19-/m1/s1. The van der Waals surface area contributed by atoms with Crippen molar-refractivity contribution in [2.24, 2.45) is 0 Å². The first-order chi connectivity index (χ1) is 13.9. The zero-order valence-corrected chi connectivity index (χ0v) is 17.4. The molecule has 2 amide bonds. The minimum Gasteiger partial charge on any atom is -0.341 e. The van der Waals surface area contributed by atoms with Gasteiger partial charge in [0.15, 0.2) is 0 Å². The lowest BCUT2D eigenvalue weighted by atomic mass is 9.98. The summed E-state index contributed by atoms with van der Waals surface area (Å²) >= 11 is 0. The highest BCUT2D eigenvalue weighted by molar-refractivity contribution is 5.83. The van der Waals surface area contributed by atoms with Crippen molar-refractivity contribution in [1.82, 2.24) is 19.8 Å². The largest absolute Gasteiger partial charge is 0.341 e. The van der Waals surface area contributed by atoms with Crippen molar-refractivity contribution in [3.63, 3.8) is 0 Å². The maximum atomic E-state index is 13.0. The number of carbonyl (C=O) groups excluding carboxylic acids is 2. The summed E-state index contributed by atoms with van der Waals surface area (Å²) < 4.78 is 0. The summed E-state index contributed by atoms with van der Waals surface area (Å²) in [7, 11) is 0. The summed E-state index contributed by atoms with van der Waals surface area (Å²) in [5, 5.41) is 0. The van der Waals surface area contributed by atoms with Crippen LogP contribution in [0.15, 0.2) is 30.5 Å². The van der Waals surface area contributed by atoms with Gasteiger partial charge in [-0.2, -0.15) is 0 Å². The quantitative estimate of drug-likeness (QED) is 0.806. The lowest BCUT2D eigenvalue weighted by molar-refractivity contribution is -0.131. The number of carbonyl (C=O) groups is 2. The predicted molar refractivity (Wildman–Crippen MR) is 110 cm³/mol. The Bertz CT molecular complexity index is 925. The molecule has 0 saturated carbocycles. The molecule has 0 bridgehead atoms. The summed E-state index contributed by atoms with van der Waals surface area (Å²) in [5.41, 5.74) is 4.34. The average molecular weight is 393 g/mol. The van der Waals surface area contributed by atoms with Crippen molar-refractivity contribution in [1.29, 1.82) is 0 Å². The van der Waals surface area contributed by atoms with Crippen molar-refractivity contribution in [3.05, 3.63) is 58.7 Å². The zero-order valence-electron chi connectivity index (χ0n) is 17.4. The molecule has 2 aliphatic rings. The number of nitrogens with zero attached hydrogens (tertiary/aromatic N) is 4. The van der Waals surface area contributed by atoms with E-state index < -0.39 is 0 Å². The van der Waals surface area contributed by atoms with Crippen LogP contribution in [0.1, 0.15) is 60.3 Å². The number of aromatic nitrogens is 2. The fraction of sp³-hybridized carbons (Fsp3) is 0.478. The van der Waals surface area contributed by atoms with Crippen LogP contribution in [0.25, 0.3) is 0 Å². The molecule has 0 unspecified atom stereocenters. The third-order valence-corrected chi connectivity index (χ3v) is 6.21. The van der Waals surface area contributed by atoms with Gasteiger partial charge in [-0.05, 0) is 25.8 Å². The number of benzene rings is 1. The van der Waals surface area contributed by atoms with E-state index in [1.165, 1.54) is 5.56 Å². The van der Waals surface area contributed by atoms with E-state index in [1.807, 2.05) is 35.1 Å². The minimum absolute atomic E-state index is 0.0902. The van der Waals surface area contributed by atoms with E-state index in [-0.39, 0.29) is 23.7 Å². The molecular weight excluding hydrogens is 364 g/mol. The molecule has 4 rings (SSSR count). The van der Waals surface area contributed by atoms with Crippen LogP contribution in [0.3, 0.4) is 0 Å². The molecule has 0 spiro atoms. The Morgan fingerprint density at radius 2 is 1.90 bits per heavy atom. The van der Waals surface area contributed by atoms with Crippen molar-refractivity contribution in [2.75, 3.05) is 19.6 Å². The molecule has 6 nitrogen and oxygen atoms in total. The molecule has 3 heterocycles. The molecular formula is C23H28N4O2. The predicted octanol–water partition coefficient (Wildman–Crippen LogP) is 2.81. The average Bonchev–Trinajstić information content (AvgIpc) is 3.22. The zero-order chi connectivity index (χ0) is 20.5. The molecule has 0 radical (unpaired) electrons. The molecule has 1 aromatic heterocycles. The first-order valence-corrected chi connectivity index (χ1v) is 10.4. The lowest BCUT2D eigenvalue weighted by Crippen LogP contribution is -2.35. The summed E-state index contributed by atoms with van der Waals surface area (Å²) in [6.45, 7) is 8.36. The summed E-state index contributed by atoms with van der Waals surface area (Å²) in [4.78, 5) is 37.8. The summed E-state index contributed by atoms with van der Waals surface area (Å²) in [5.74, 6) is 1.13. The Kier molecular flexibility index (Phi) is 5.35. The highest BCUT2D eigenvalue weighted by Crippen LogP contribution is 2.29. The van der Waals surface area contributed by atoms with Gasteiger partial charge in [0.1, 0.15) is 5.82 Å². The van der Waals surface area contributed by atoms with Crippen molar-refractivity contribution < 1.29 is 9.59 Å². The highest BCUT2D eigenvalue weighted by atomic mass is 16.2. The van der Waals surface area contributed by atoms with Crippen molar-refractivity contribution >= 4 is 11.8 Å². The molecule has 2 aromatic rings. The van der Waals surface area contributed by atoms with E-state index in [9.17, 15) is 9.59 Å². The van der Waals surface area contributed by atoms with Crippen LogP contribution in [-0.2, 0) is 22.6 Å². The number of rotatable bonds is 3. The molecule has 0 N–H and O–H groups in total. The van der Waals surface area contributed by atoms with Gasteiger partial charge in [0, 0.05) is 57.2 Å². The van der Waals surface area contributed by atoms with Crippen molar-refractivity contribution in [2.45, 2.75) is 52.0 Å². The molecule has 2 atom stereocenters. The maximum Gasteiger partial charge on any atom is 0.229 e. The van der Waals surface area contributed by atoms with E-state index in [2.05, 4.69) is 24.0 Å². The second-order valence-corrected chi connectivity index (χ2v) is 8.29. The van der Waals surface area contributed by atoms with Crippen LogP contribution in [0.2, 0.25) is 0 Å². The van der Waals surface area contributed by atoms with Gasteiger partial charge in [-0.15, -0.1) is 0 Å². The van der Waals surface area contributed by atoms with Crippen LogP contribution < -0.4 is 0 Å². The fourth-order valence-electron chi connectivity index (χ4n) is 4.24. The Hall–Kier alpha value is -2.76. The lowest BCUT2D eigenvalue weighted by Gasteiger charge is -2.27. The van der Waals surface area contributed by atoms with Crippen LogP contribution >= 0.6 is 0 Å². The van der Waals surface area contributed by atoms with Gasteiger partial charge in [0.25, 0.3) is 0 Å². The summed E-state index contributed by atoms with van der Waals surface area (Å²) in [6, 6.07) is 8.20. The van der Waals surface area contributed by atoms with Gasteiger partial charge in [-0.1, -0.05) is 29.8 Å². The monoisotopic (exact) mass is 392 g/mol.